The minimum Gasteiger partial charge on any atom is -0.504 e. The average Bonchev–Trinajstić information content (AvgIpc) is 3.64. The van der Waals surface area contributed by atoms with E-state index >= 15 is 0 Å². The number of benzene rings is 3. The molecule has 40 heavy (non-hydrogen) atoms. The Morgan fingerprint density at radius 3 is 2.58 bits per heavy atom. The van der Waals surface area contributed by atoms with Gasteiger partial charge < -0.3 is 14.5 Å². The summed E-state index contributed by atoms with van der Waals surface area (Å²) in [4.78, 5) is 9.06. The predicted octanol–water partition coefficient (Wildman–Crippen LogP) is 9.57. The first-order chi connectivity index (χ1) is 18.8. The molecular formula is C33H26N3OPtS2-3. The third-order valence-electron chi connectivity index (χ3n) is 7.06. The van der Waals surface area contributed by atoms with Gasteiger partial charge in [-0.05, 0) is 47.7 Å². The number of nitrogens with zero attached hydrogens (tertiary/aromatic N) is 3. The number of aromatic nitrogens is 1. The van der Waals surface area contributed by atoms with Crippen molar-refractivity contribution in [2.75, 3.05) is 16.8 Å². The Hall–Kier alpha value is -3.18. The molecule has 0 radical (unpaired) electrons. The van der Waals surface area contributed by atoms with Crippen molar-refractivity contribution in [3.8, 4) is 22.1 Å². The molecule has 1 aliphatic heterocycles. The average molecular weight is 740 g/mol. The summed E-state index contributed by atoms with van der Waals surface area (Å²) >= 11 is 3.36. The molecule has 0 saturated heterocycles. The van der Waals surface area contributed by atoms with E-state index in [0.717, 1.165) is 38.4 Å². The van der Waals surface area contributed by atoms with Crippen LogP contribution in [-0.2, 0) is 26.5 Å². The number of thiophene rings is 2. The Balaban J connectivity index is 0.00000289. The van der Waals surface area contributed by atoms with Gasteiger partial charge in [0, 0.05) is 54.8 Å². The van der Waals surface area contributed by atoms with E-state index in [0.29, 0.717) is 10.8 Å². The number of para-hydroxylation sites is 2. The monoisotopic (exact) mass is 739 g/mol. The molecule has 0 N–H and O–H groups in total. The molecule has 6 aromatic rings. The first-order valence-electron chi connectivity index (χ1n) is 12.8. The second-order valence-corrected chi connectivity index (χ2v) is 12.7. The third-order valence-corrected chi connectivity index (χ3v) is 8.84. The van der Waals surface area contributed by atoms with Gasteiger partial charge in [0.2, 0.25) is 0 Å². The van der Waals surface area contributed by atoms with Crippen molar-refractivity contribution < 1.29 is 25.8 Å². The Bertz CT molecular complexity index is 1850. The minimum atomic E-state index is 0. The van der Waals surface area contributed by atoms with Crippen LogP contribution in [-0.4, -0.2) is 12.0 Å². The van der Waals surface area contributed by atoms with Crippen molar-refractivity contribution >= 4 is 59.9 Å². The Morgan fingerprint density at radius 2 is 1.75 bits per heavy atom. The first-order valence-corrected chi connectivity index (χ1v) is 14.5. The van der Waals surface area contributed by atoms with Crippen LogP contribution in [0.2, 0.25) is 0 Å². The number of hydrogen-bond donors (Lipinski definition) is 0. The maximum absolute atomic E-state index is 6.39. The molecule has 0 fully saturated rings. The van der Waals surface area contributed by atoms with Gasteiger partial charge in [0.25, 0.3) is 0 Å². The number of hydrogen-bond acceptors (Lipinski definition) is 6. The number of ether oxygens (including phenoxy) is 1. The zero-order chi connectivity index (χ0) is 26.7. The van der Waals surface area contributed by atoms with Gasteiger partial charge in [0.15, 0.2) is 0 Å². The second kappa shape index (κ2) is 10.3. The fourth-order valence-corrected chi connectivity index (χ4v) is 6.88. The molecule has 7 rings (SSSR count). The van der Waals surface area contributed by atoms with Crippen LogP contribution in [0.3, 0.4) is 0 Å². The maximum atomic E-state index is 6.39. The van der Waals surface area contributed by atoms with E-state index < -0.39 is 0 Å². The molecule has 4 heterocycles. The molecule has 0 bridgehead atoms. The predicted molar refractivity (Wildman–Crippen MR) is 165 cm³/mol. The second-order valence-electron chi connectivity index (χ2n) is 10.7. The normalized spacial score (nSPS) is 13.1. The number of pyridine rings is 1. The van der Waals surface area contributed by atoms with Gasteiger partial charge in [-0.15, -0.1) is 41.3 Å². The Labute approximate surface area is 257 Å². The van der Waals surface area contributed by atoms with Crippen LogP contribution in [0.4, 0.5) is 17.1 Å². The van der Waals surface area contributed by atoms with Crippen molar-refractivity contribution in [2.24, 2.45) is 0 Å². The smallest absolute Gasteiger partial charge is 0.107 e. The van der Waals surface area contributed by atoms with Crippen LogP contribution in [0.5, 0.6) is 10.8 Å². The zero-order valence-electron chi connectivity index (χ0n) is 22.5. The summed E-state index contributed by atoms with van der Waals surface area (Å²) in [6.45, 7) is 8.77. The molecule has 3 aromatic heterocycles. The third kappa shape index (κ3) is 4.72. The van der Waals surface area contributed by atoms with E-state index in [-0.39, 0.29) is 26.5 Å². The van der Waals surface area contributed by atoms with Crippen molar-refractivity contribution in [1.82, 2.24) is 4.98 Å². The molecule has 204 valence electrons. The molecule has 0 spiro atoms. The number of fused-ring (bicyclic) bond motifs is 3. The van der Waals surface area contributed by atoms with Crippen LogP contribution < -0.4 is 14.5 Å². The van der Waals surface area contributed by atoms with Crippen LogP contribution in [0, 0.1) is 18.8 Å². The fourth-order valence-electron chi connectivity index (χ4n) is 5.06. The first kappa shape index (κ1) is 27.0. The largest absolute Gasteiger partial charge is 0.504 e. The molecule has 3 aromatic carbocycles. The molecular weight excluding hydrogens is 714 g/mol. The molecule has 0 saturated carbocycles. The van der Waals surface area contributed by atoms with Gasteiger partial charge in [0.1, 0.15) is 5.06 Å². The van der Waals surface area contributed by atoms with E-state index in [1.807, 2.05) is 24.4 Å². The molecule has 0 unspecified atom stereocenters. The van der Waals surface area contributed by atoms with Crippen LogP contribution in [0.15, 0.2) is 78.3 Å². The zero-order valence-corrected chi connectivity index (χ0v) is 26.4. The van der Waals surface area contributed by atoms with Gasteiger partial charge in [-0.1, -0.05) is 60.7 Å². The summed E-state index contributed by atoms with van der Waals surface area (Å²) in [6, 6.07) is 30.1. The SMILES string of the molecule is CN1[CH-]N(c2[c-]c(Oc3[c-]c4c(-c5cc(C(C)(C)C)ccn5)c5ccsc5cc4s3)ccc2)c2ccccc21.[Pt]. The van der Waals surface area contributed by atoms with E-state index in [2.05, 4.69) is 110 Å². The van der Waals surface area contributed by atoms with Gasteiger partial charge in [-0.25, -0.2) is 0 Å². The van der Waals surface area contributed by atoms with Gasteiger partial charge >= 0.3 is 0 Å². The Kier molecular flexibility index (Phi) is 6.98. The van der Waals surface area contributed by atoms with Gasteiger partial charge in [-0.2, -0.15) is 29.5 Å². The van der Waals surface area contributed by atoms with Gasteiger partial charge in [0.05, 0.1) is 0 Å². The summed E-state index contributed by atoms with van der Waals surface area (Å²) in [7, 11) is 2.06. The van der Waals surface area contributed by atoms with E-state index in [1.165, 1.54) is 15.6 Å². The number of rotatable bonds is 4. The van der Waals surface area contributed by atoms with Crippen molar-refractivity contribution in [2.45, 2.75) is 26.2 Å². The summed E-state index contributed by atoms with van der Waals surface area (Å²) in [5, 5.41) is 5.10. The summed E-state index contributed by atoms with van der Waals surface area (Å²) in [5.74, 6) is 0.659. The van der Waals surface area contributed by atoms with E-state index in [9.17, 15) is 0 Å². The molecule has 0 atom stereocenters. The summed E-state index contributed by atoms with van der Waals surface area (Å²) < 4.78 is 8.76. The summed E-state index contributed by atoms with van der Waals surface area (Å²) in [5.41, 5.74) is 6.59. The number of anilines is 3. The van der Waals surface area contributed by atoms with Crippen molar-refractivity contribution in [3.63, 3.8) is 0 Å². The van der Waals surface area contributed by atoms with Crippen molar-refractivity contribution in [3.05, 3.63) is 103 Å². The van der Waals surface area contributed by atoms with E-state index in [4.69, 9.17) is 9.72 Å². The molecule has 0 aliphatic carbocycles. The maximum Gasteiger partial charge on any atom is 0.107 e. The van der Waals surface area contributed by atoms with Crippen LogP contribution >= 0.6 is 22.7 Å². The van der Waals surface area contributed by atoms with Crippen LogP contribution in [0.25, 0.3) is 31.4 Å². The van der Waals surface area contributed by atoms with E-state index in [1.54, 1.807) is 22.7 Å². The molecule has 4 nitrogen and oxygen atoms in total. The topological polar surface area (TPSA) is 28.6 Å². The standard InChI is InChI=1S/C33H26N3OS2.Pt/c1-33(2,3)21-12-14-34-26(16-21)32-24-13-15-38-29(24)19-30-25(32)18-31(39-30)37-23-9-7-8-22(17-23)36-20-35(4)27-10-5-6-11-28(27)36;/h5-16,19-20H,1-4H3;/q-3;. The fraction of sp³-hybridized carbons (Fsp3) is 0.152. The molecule has 1 aliphatic rings. The molecule has 0 amide bonds. The Morgan fingerprint density at radius 1 is 0.925 bits per heavy atom. The van der Waals surface area contributed by atoms with Crippen molar-refractivity contribution in [1.29, 1.82) is 0 Å². The quantitative estimate of drug-likeness (QED) is 0.169. The minimum absolute atomic E-state index is 0. The summed E-state index contributed by atoms with van der Waals surface area (Å²) in [6.07, 6.45) is 1.92. The molecule has 7 heteroatoms. The van der Waals surface area contributed by atoms with Gasteiger partial charge in [-0.3, -0.25) is 4.98 Å². The van der Waals surface area contributed by atoms with Crippen LogP contribution in [0.1, 0.15) is 26.3 Å².